The van der Waals surface area contributed by atoms with Gasteiger partial charge in [-0.3, -0.25) is 4.99 Å². The highest BCUT2D eigenvalue weighted by Gasteiger charge is 2.36. The molecule has 96 valence electrons. The monoisotopic (exact) mass is 249 g/mol. The Bertz CT molecular complexity index is 202. The Morgan fingerprint density at radius 2 is 1.75 bits per heavy atom. The zero-order valence-electron chi connectivity index (χ0n) is 10.8. The topological polar surface area (TPSA) is 64.1 Å². The van der Waals surface area contributed by atoms with Crippen LogP contribution in [0.3, 0.4) is 0 Å². The minimum atomic E-state index is -2.41. The number of hydrogen-bond donors (Lipinski definition) is 2. The lowest BCUT2D eigenvalue weighted by Gasteiger charge is -2.24. The number of guanidine groups is 1. The van der Waals surface area contributed by atoms with E-state index in [0.717, 1.165) is 25.0 Å². The van der Waals surface area contributed by atoms with E-state index in [0.29, 0.717) is 0 Å². The summed E-state index contributed by atoms with van der Waals surface area (Å²) >= 11 is 0. The second-order valence-corrected chi connectivity index (χ2v) is 6.24. The van der Waals surface area contributed by atoms with Gasteiger partial charge in [0.05, 0.1) is 0 Å². The smallest absolute Gasteiger partial charge is 0.377 e. The van der Waals surface area contributed by atoms with Crippen molar-refractivity contribution in [2.24, 2.45) is 4.99 Å². The molecule has 0 aliphatic heterocycles. The van der Waals surface area contributed by atoms with Crippen LogP contribution in [0, 0.1) is 0 Å². The number of nitrogens with one attached hydrogen (secondary N) is 2. The van der Waals surface area contributed by atoms with Gasteiger partial charge in [-0.05, 0) is 6.42 Å². The molecular formula is C9H23N3O3Si. The maximum absolute atomic E-state index is 5.32. The molecule has 0 rings (SSSR count). The molecule has 0 spiro atoms. The van der Waals surface area contributed by atoms with Crippen molar-refractivity contribution in [2.45, 2.75) is 12.5 Å². The van der Waals surface area contributed by atoms with E-state index in [2.05, 4.69) is 15.6 Å². The van der Waals surface area contributed by atoms with Gasteiger partial charge in [0.15, 0.2) is 5.96 Å². The van der Waals surface area contributed by atoms with E-state index in [4.69, 9.17) is 13.3 Å². The van der Waals surface area contributed by atoms with Crippen LogP contribution in [-0.4, -0.2) is 56.7 Å². The van der Waals surface area contributed by atoms with Crippen LogP contribution >= 0.6 is 0 Å². The fourth-order valence-electron chi connectivity index (χ4n) is 1.35. The van der Waals surface area contributed by atoms with E-state index in [1.807, 2.05) is 7.05 Å². The van der Waals surface area contributed by atoms with Crippen molar-refractivity contribution in [3.63, 3.8) is 0 Å². The SMILES string of the molecule is CN=C(NC)NCCC[Si](OC)(OC)OC. The minimum absolute atomic E-state index is 0.777. The molecule has 0 unspecified atom stereocenters. The van der Waals surface area contributed by atoms with Gasteiger partial charge in [0.2, 0.25) is 0 Å². The van der Waals surface area contributed by atoms with Crippen LogP contribution in [0.1, 0.15) is 6.42 Å². The minimum Gasteiger partial charge on any atom is -0.377 e. The highest BCUT2D eigenvalue weighted by Crippen LogP contribution is 2.14. The first-order valence-corrected chi connectivity index (χ1v) is 7.15. The molecule has 0 saturated carbocycles. The van der Waals surface area contributed by atoms with Gasteiger partial charge < -0.3 is 23.9 Å². The Morgan fingerprint density at radius 1 is 1.19 bits per heavy atom. The van der Waals surface area contributed by atoms with Crippen molar-refractivity contribution >= 4 is 14.8 Å². The predicted octanol–water partition coefficient (Wildman–Crippen LogP) is 0.0494. The largest absolute Gasteiger partial charge is 0.500 e. The third kappa shape index (κ3) is 4.93. The number of hydrogen-bond acceptors (Lipinski definition) is 4. The Hall–Kier alpha value is -0.633. The van der Waals surface area contributed by atoms with Crippen molar-refractivity contribution in [2.75, 3.05) is 42.0 Å². The third-order valence-corrected chi connectivity index (χ3v) is 5.18. The van der Waals surface area contributed by atoms with Crippen LogP contribution in [0.2, 0.25) is 6.04 Å². The van der Waals surface area contributed by atoms with Crippen molar-refractivity contribution in [1.82, 2.24) is 10.6 Å². The highest BCUT2D eigenvalue weighted by atomic mass is 28.4. The van der Waals surface area contributed by atoms with E-state index in [9.17, 15) is 0 Å². The lowest BCUT2D eigenvalue weighted by Crippen LogP contribution is -2.43. The molecule has 0 aromatic rings. The first-order valence-electron chi connectivity index (χ1n) is 5.22. The zero-order valence-corrected chi connectivity index (χ0v) is 11.8. The van der Waals surface area contributed by atoms with Crippen molar-refractivity contribution in [1.29, 1.82) is 0 Å². The normalized spacial score (nSPS) is 12.7. The van der Waals surface area contributed by atoms with Gasteiger partial charge in [-0.15, -0.1) is 0 Å². The summed E-state index contributed by atoms with van der Waals surface area (Å²) in [5.41, 5.74) is 0. The van der Waals surface area contributed by atoms with Gasteiger partial charge in [0.1, 0.15) is 0 Å². The Labute approximate surface area is 98.7 Å². The van der Waals surface area contributed by atoms with Crippen molar-refractivity contribution in [3.05, 3.63) is 0 Å². The maximum Gasteiger partial charge on any atom is 0.500 e. The molecule has 0 atom stereocenters. The van der Waals surface area contributed by atoms with Crippen LogP contribution < -0.4 is 10.6 Å². The molecule has 0 bridgehead atoms. The number of nitrogens with zero attached hydrogens (tertiary/aromatic N) is 1. The van der Waals surface area contributed by atoms with Gasteiger partial charge in [-0.1, -0.05) is 0 Å². The van der Waals surface area contributed by atoms with E-state index in [1.165, 1.54) is 0 Å². The van der Waals surface area contributed by atoms with Gasteiger partial charge in [0, 0.05) is 48.0 Å². The summed E-state index contributed by atoms with van der Waals surface area (Å²) in [7, 11) is 6.02. The molecule has 0 aliphatic rings. The van der Waals surface area contributed by atoms with Crippen LogP contribution in [0.4, 0.5) is 0 Å². The average molecular weight is 249 g/mol. The molecule has 0 aromatic carbocycles. The summed E-state index contributed by atoms with van der Waals surface area (Å²) in [4.78, 5) is 4.01. The standard InChI is InChI=1S/C9H23N3O3Si/c1-10-9(11-2)12-7-6-8-16(13-3,14-4)15-5/h6-8H2,1-5H3,(H2,10,11,12). The van der Waals surface area contributed by atoms with Gasteiger partial charge in [-0.25, -0.2) is 0 Å². The molecule has 0 saturated heterocycles. The molecule has 16 heavy (non-hydrogen) atoms. The third-order valence-electron chi connectivity index (χ3n) is 2.35. The summed E-state index contributed by atoms with van der Waals surface area (Å²) in [6.07, 6.45) is 0.905. The average Bonchev–Trinajstić information content (AvgIpc) is 2.35. The summed E-state index contributed by atoms with van der Waals surface area (Å²) in [6.45, 7) is 0.804. The molecular weight excluding hydrogens is 226 g/mol. The molecule has 0 amide bonds. The molecule has 0 aliphatic carbocycles. The van der Waals surface area contributed by atoms with Gasteiger partial charge in [-0.2, -0.15) is 0 Å². The second-order valence-electron chi connectivity index (χ2n) is 3.15. The fraction of sp³-hybridized carbons (Fsp3) is 0.889. The lowest BCUT2D eigenvalue weighted by molar-refractivity contribution is 0.123. The molecule has 2 N–H and O–H groups in total. The lowest BCUT2D eigenvalue weighted by atomic mass is 10.5. The fourth-order valence-corrected chi connectivity index (χ4v) is 3.07. The van der Waals surface area contributed by atoms with Gasteiger partial charge in [0.25, 0.3) is 0 Å². The molecule has 0 fully saturated rings. The van der Waals surface area contributed by atoms with Crippen molar-refractivity contribution < 1.29 is 13.3 Å². The Morgan fingerprint density at radius 3 is 2.12 bits per heavy atom. The highest BCUT2D eigenvalue weighted by molar-refractivity contribution is 6.60. The first kappa shape index (κ1) is 15.4. The summed E-state index contributed by atoms with van der Waals surface area (Å²) in [6, 6.07) is 0.782. The number of rotatable bonds is 7. The maximum atomic E-state index is 5.32. The summed E-state index contributed by atoms with van der Waals surface area (Å²) in [5.74, 6) is 0.777. The van der Waals surface area contributed by atoms with E-state index in [-0.39, 0.29) is 0 Å². The Kier molecular flexibility index (Phi) is 8.17. The second kappa shape index (κ2) is 8.51. The summed E-state index contributed by atoms with van der Waals surface area (Å²) < 4.78 is 16.0. The summed E-state index contributed by atoms with van der Waals surface area (Å²) in [5, 5.41) is 6.11. The molecule has 6 nitrogen and oxygen atoms in total. The molecule has 0 heterocycles. The van der Waals surface area contributed by atoms with Crippen LogP contribution in [-0.2, 0) is 13.3 Å². The first-order chi connectivity index (χ1) is 7.67. The van der Waals surface area contributed by atoms with Gasteiger partial charge >= 0.3 is 8.80 Å². The predicted molar refractivity (Wildman–Crippen MR) is 66.6 cm³/mol. The van der Waals surface area contributed by atoms with E-state index >= 15 is 0 Å². The van der Waals surface area contributed by atoms with Crippen molar-refractivity contribution in [3.8, 4) is 0 Å². The molecule has 0 radical (unpaired) electrons. The van der Waals surface area contributed by atoms with Crippen LogP contribution in [0.25, 0.3) is 0 Å². The van der Waals surface area contributed by atoms with E-state index in [1.54, 1.807) is 28.4 Å². The molecule has 0 aromatic heterocycles. The quantitative estimate of drug-likeness (QED) is 0.289. The molecule has 7 heteroatoms. The zero-order chi connectivity index (χ0) is 12.4. The number of aliphatic imine (C=N–C) groups is 1. The van der Waals surface area contributed by atoms with E-state index < -0.39 is 8.80 Å². The Balaban J connectivity index is 3.87. The van der Waals surface area contributed by atoms with Crippen LogP contribution in [0.5, 0.6) is 0 Å². The van der Waals surface area contributed by atoms with Crippen LogP contribution in [0.15, 0.2) is 4.99 Å².